The first-order valence-electron chi connectivity index (χ1n) is 9.96. The fraction of sp³-hybridized carbons (Fsp3) is 0.429. The van der Waals surface area contributed by atoms with E-state index >= 15 is 0 Å². The Bertz CT molecular complexity index is 949. The number of thiophene rings is 1. The number of carboxylic acids is 1. The van der Waals surface area contributed by atoms with Gasteiger partial charge in [0.15, 0.2) is 10.8 Å². The topological polar surface area (TPSA) is 109 Å². The zero-order valence-electron chi connectivity index (χ0n) is 17.8. The summed E-state index contributed by atoms with van der Waals surface area (Å²) < 4.78 is 16.8. The van der Waals surface area contributed by atoms with Gasteiger partial charge in [0.05, 0.1) is 19.7 Å². The van der Waals surface area contributed by atoms with Crippen LogP contribution >= 0.6 is 39.1 Å². The fourth-order valence-corrected chi connectivity index (χ4v) is 6.34. The lowest BCUT2D eigenvalue weighted by Crippen LogP contribution is -2.35. The number of hydrogen-bond acceptors (Lipinski definition) is 8. The minimum atomic E-state index is -1.38. The molecule has 2 N–H and O–H groups in total. The van der Waals surface area contributed by atoms with Crippen LogP contribution in [0, 0.1) is 0 Å². The van der Waals surface area contributed by atoms with Gasteiger partial charge in [-0.3, -0.25) is 0 Å². The maximum absolute atomic E-state index is 12.5. The third-order valence-corrected chi connectivity index (χ3v) is 7.67. The number of carbonyl (C=O) groups excluding carboxylic acids is 2. The highest BCUT2D eigenvalue weighted by atomic mass is 79.9. The summed E-state index contributed by atoms with van der Waals surface area (Å²) in [6.07, 6.45) is 2.05. The Morgan fingerprint density at radius 2 is 2.03 bits per heavy atom. The van der Waals surface area contributed by atoms with Crippen LogP contribution in [0.5, 0.6) is 5.75 Å². The van der Waals surface area contributed by atoms with E-state index in [-0.39, 0.29) is 17.3 Å². The molecule has 1 fully saturated rings. The number of rotatable bonds is 9. The predicted molar refractivity (Wildman–Crippen MR) is 128 cm³/mol. The van der Waals surface area contributed by atoms with Gasteiger partial charge in [-0.2, -0.15) is 0 Å². The molecule has 1 aromatic carbocycles. The van der Waals surface area contributed by atoms with E-state index in [4.69, 9.17) is 13.7 Å². The number of esters is 1. The van der Waals surface area contributed by atoms with Gasteiger partial charge in [0.1, 0.15) is 11.1 Å². The van der Waals surface area contributed by atoms with Crippen molar-refractivity contribution >= 4 is 56.7 Å². The Labute approximate surface area is 204 Å². The van der Waals surface area contributed by atoms with E-state index in [1.807, 2.05) is 24.3 Å². The predicted octanol–water partition coefficient (Wildman–Crippen LogP) is 2.81. The van der Waals surface area contributed by atoms with Crippen molar-refractivity contribution in [2.45, 2.75) is 25.8 Å². The number of anilines is 1. The molecule has 2 aromatic rings. The number of aliphatic carboxylic acids is 1. The molecular weight excluding hydrogens is 524 g/mol. The Morgan fingerprint density at radius 3 is 2.66 bits per heavy atom. The standard InChI is InChI=1S/C21H25BrN2O6S.ClH/c1-3-29-18-17(22)19(31(30-12-16(25)26)20(18)21(27)28-2)13-5-4-6-15(11-13)24-14-7-9-23-10-8-14;/h4-6,11,14,23-24H,3,7-10,12H2,1-2H3;1H. The van der Waals surface area contributed by atoms with Gasteiger partial charge in [-0.25, -0.2) is 4.79 Å². The summed E-state index contributed by atoms with van der Waals surface area (Å²) in [7, 11) is -0.0682. The minimum Gasteiger partial charge on any atom is -0.547 e. The molecule has 1 aliphatic heterocycles. The number of benzene rings is 1. The van der Waals surface area contributed by atoms with E-state index in [0.717, 1.165) is 37.2 Å². The quantitative estimate of drug-likeness (QED) is 0.363. The Balaban J connectivity index is 0.00000363. The number of carbonyl (C=O) groups is 2. The van der Waals surface area contributed by atoms with Gasteiger partial charge in [0, 0.05) is 17.3 Å². The van der Waals surface area contributed by atoms with Crippen LogP contribution < -0.4 is 24.7 Å². The zero-order chi connectivity index (χ0) is 22.4. The van der Waals surface area contributed by atoms with Crippen molar-refractivity contribution in [3.8, 4) is 16.2 Å². The largest absolute Gasteiger partial charge is 0.547 e. The Hall–Kier alpha value is -1.85. The third kappa shape index (κ3) is 6.14. The number of nitrogens with one attached hydrogen (secondary N) is 2. The van der Waals surface area contributed by atoms with Crippen LogP contribution in [0.4, 0.5) is 5.69 Å². The second-order valence-corrected chi connectivity index (χ2v) is 9.26. The summed E-state index contributed by atoms with van der Waals surface area (Å²) in [5, 5.41) is 18.0. The molecule has 32 heavy (non-hydrogen) atoms. The lowest BCUT2D eigenvalue weighted by molar-refractivity contribution is -0.306. The van der Waals surface area contributed by atoms with Gasteiger partial charge < -0.3 is 30.0 Å². The maximum atomic E-state index is 12.5. The lowest BCUT2D eigenvalue weighted by Gasteiger charge is -2.24. The molecule has 1 saturated heterocycles. The molecule has 176 valence electrons. The van der Waals surface area contributed by atoms with Crippen molar-refractivity contribution in [2.75, 3.05) is 38.7 Å². The highest BCUT2D eigenvalue weighted by Gasteiger charge is 2.41. The van der Waals surface area contributed by atoms with Crippen molar-refractivity contribution in [1.82, 2.24) is 5.32 Å². The van der Waals surface area contributed by atoms with Crippen molar-refractivity contribution in [2.24, 2.45) is 0 Å². The van der Waals surface area contributed by atoms with Gasteiger partial charge in [-0.15, -0.1) is 16.6 Å². The van der Waals surface area contributed by atoms with Crippen LogP contribution in [0.2, 0.25) is 0 Å². The van der Waals surface area contributed by atoms with Crippen LogP contribution in [-0.4, -0.2) is 51.4 Å². The first kappa shape index (κ1) is 26.4. The first-order chi connectivity index (χ1) is 15.0. The second-order valence-electron chi connectivity index (χ2n) is 6.88. The van der Waals surface area contributed by atoms with Crippen LogP contribution in [0.1, 0.15) is 29.4 Å². The number of piperidine rings is 1. The molecule has 0 aliphatic carbocycles. The number of hydrogen-bond donors (Lipinski definition) is 2. The van der Waals surface area contributed by atoms with E-state index < -0.39 is 29.3 Å². The normalized spacial score (nSPS) is 14.4. The number of ether oxygens (including phenoxy) is 2. The van der Waals surface area contributed by atoms with Gasteiger partial charge in [0.25, 0.3) is 0 Å². The zero-order valence-corrected chi connectivity index (χ0v) is 21.0. The molecule has 0 radical (unpaired) electrons. The van der Waals surface area contributed by atoms with Crippen LogP contribution in [-0.2, 0) is 9.53 Å². The average molecular weight is 550 g/mol. The molecular formula is C21H26BrClN2O6S. The van der Waals surface area contributed by atoms with Gasteiger partial charge >= 0.3 is 10.8 Å². The van der Waals surface area contributed by atoms with Crippen molar-refractivity contribution < 1.29 is 28.4 Å². The Morgan fingerprint density at radius 1 is 1.31 bits per heavy atom. The van der Waals surface area contributed by atoms with Crippen LogP contribution in [0.15, 0.2) is 28.7 Å². The molecule has 1 aromatic heterocycles. The lowest BCUT2D eigenvalue weighted by atomic mass is 10.1. The number of methoxy groups -OCH3 is 1. The van der Waals surface area contributed by atoms with Gasteiger partial charge in [0.2, 0.25) is 10.6 Å². The van der Waals surface area contributed by atoms with E-state index in [9.17, 15) is 14.7 Å². The average Bonchev–Trinajstić information content (AvgIpc) is 3.04. The molecule has 0 amide bonds. The monoisotopic (exact) mass is 548 g/mol. The van der Waals surface area contributed by atoms with E-state index in [0.29, 0.717) is 27.7 Å². The van der Waals surface area contributed by atoms with Crippen LogP contribution in [0.3, 0.4) is 0 Å². The molecule has 11 heteroatoms. The molecule has 2 heterocycles. The summed E-state index contributed by atoms with van der Waals surface area (Å²) in [4.78, 5) is 24.4. The van der Waals surface area contributed by atoms with Gasteiger partial charge in [-0.05, 0) is 67.0 Å². The molecule has 1 unspecified atom stereocenters. The molecule has 0 bridgehead atoms. The van der Waals surface area contributed by atoms with E-state index in [2.05, 4.69) is 26.6 Å². The summed E-state index contributed by atoms with van der Waals surface area (Å²) in [5.41, 5.74) is 1.72. The number of carboxylic acid groups (broad SMARTS) is 1. The molecule has 8 nitrogen and oxygen atoms in total. The highest BCUT2D eigenvalue weighted by Crippen LogP contribution is 2.52. The van der Waals surface area contributed by atoms with Crippen molar-refractivity contribution in [3.63, 3.8) is 0 Å². The first-order valence-corrected chi connectivity index (χ1v) is 11.9. The van der Waals surface area contributed by atoms with E-state index in [1.165, 1.54) is 7.11 Å². The molecule has 3 rings (SSSR count). The molecule has 0 saturated carbocycles. The van der Waals surface area contributed by atoms with Crippen molar-refractivity contribution in [3.05, 3.63) is 33.6 Å². The highest BCUT2D eigenvalue weighted by molar-refractivity contribution is 9.10. The van der Waals surface area contributed by atoms with Crippen LogP contribution in [0.25, 0.3) is 10.4 Å². The molecule has 0 spiro atoms. The molecule has 1 aliphatic rings. The summed E-state index contributed by atoms with van der Waals surface area (Å²) in [6, 6.07) is 8.10. The Kier molecular flexibility index (Phi) is 10.2. The second kappa shape index (κ2) is 12.4. The molecule has 1 atom stereocenters. The summed E-state index contributed by atoms with van der Waals surface area (Å²) in [6.45, 7) is 3.38. The summed E-state index contributed by atoms with van der Waals surface area (Å²) >= 11 is 3.54. The van der Waals surface area contributed by atoms with Crippen molar-refractivity contribution in [1.29, 1.82) is 0 Å². The SMILES string of the molecule is CCOc1c(Br)c(-c2cccc(NC3CCNCC3)c2)[s+](OCC(=O)[O-])c1C(=O)OC.Cl. The van der Waals surface area contributed by atoms with Gasteiger partial charge in [-0.1, -0.05) is 6.07 Å². The smallest absolute Gasteiger partial charge is 0.398 e. The number of halogens is 2. The third-order valence-electron chi connectivity index (χ3n) is 4.76. The fourth-order valence-electron chi connectivity index (χ4n) is 3.42. The minimum absolute atomic E-state index is 0. The maximum Gasteiger partial charge on any atom is 0.398 e. The van der Waals surface area contributed by atoms with E-state index in [1.54, 1.807) is 6.92 Å². The summed E-state index contributed by atoms with van der Waals surface area (Å²) in [5.74, 6) is -1.72.